The fourth-order valence-corrected chi connectivity index (χ4v) is 4.66. The Labute approximate surface area is 124 Å². The van der Waals surface area contributed by atoms with E-state index in [0.29, 0.717) is 23.9 Å². The lowest BCUT2D eigenvalue weighted by Crippen LogP contribution is -2.40. The summed E-state index contributed by atoms with van der Waals surface area (Å²) in [7, 11) is -0.313. The van der Waals surface area contributed by atoms with E-state index in [9.17, 15) is 8.42 Å². The zero-order valence-electron chi connectivity index (χ0n) is 11.6. The number of nitrogens with one attached hydrogen (secondary N) is 1. The topological polar surface area (TPSA) is 58.6 Å². The van der Waals surface area contributed by atoms with Crippen LogP contribution in [0.25, 0.3) is 0 Å². The van der Waals surface area contributed by atoms with Crippen molar-refractivity contribution in [1.29, 1.82) is 0 Å². The van der Waals surface area contributed by atoms with Crippen molar-refractivity contribution < 1.29 is 13.2 Å². The van der Waals surface area contributed by atoms with E-state index in [4.69, 9.17) is 16.3 Å². The zero-order valence-corrected chi connectivity index (χ0v) is 13.2. The van der Waals surface area contributed by atoms with E-state index in [1.54, 1.807) is 12.1 Å². The fraction of sp³-hybridized carbons (Fsp3) is 0.538. The molecule has 2 rings (SSSR count). The summed E-state index contributed by atoms with van der Waals surface area (Å²) in [4.78, 5) is 0.135. The quantitative estimate of drug-likeness (QED) is 0.898. The molecule has 0 aromatic heterocycles. The van der Waals surface area contributed by atoms with Crippen LogP contribution < -0.4 is 10.1 Å². The van der Waals surface area contributed by atoms with Gasteiger partial charge in [-0.15, -0.1) is 0 Å². The highest BCUT2D eigenvalue weighted by molar-refractivity contribution is 7.89. The van der Waals surface area contributed by atoms with Crippen LogP contribution in [-0.4, -0.2) is 46.0 Å². The number of methoxy groups -OCH3 is 1. The molecule has 1 aromatic rings. The van der Waals surface area contributed by atoms with Crippen LogP contribution >= 0.6 is 11.6 Å². The van der Waals surface area contributed by atoms with Gasteiger partial charge in [0.25, 0.3) is 0 Å². The Kier molecular flexibility index (Phi) is 4.90. The van der Waals surface area contributed by atoms with E-state index in [1.165, 1.54) is 17.5 Å². The van der Waals surface area contributed by atoms with Crippen LogP contribution in [0.2, 0.25) is 5.02 Å². The Balaban J connectivity index is 2.42. The van der Waals surface area contributed by atoms with Crippen LogP contribution in [0.4, 0.5) is 0 Å². The monoisotopic (exact) mass is 318 g/mol. The minimum atomic E-state index is -3.59. The average Bonchev–Trinajstić information content (AvgIpc) is 2.88. The minimum Gasteiger partial charge on any atom is -0.495 e. The van der Waals surface area contributed by atoms with Gasteiger partial charge in [-0.25, -0.2) is 8.42 Å². The van der Waals surface area contributed by atoms with E-state index in [1.807, 2.05) is 7.05 Å². The standard InChI is InChI=1S/C13H19ClN2O3S/c1-15-9-11-4-3-7-16(11)20(17,18)13-8-10(14)5-6-12(13)19-2/h5-6,8,11,15H,3-4,7,9H2,1-2H3. The summed E-state index contributed by atoms with van der Waals surface area (Å²) in [6, 6.07) is 4.63. The van der Waals surface area contributed by atoms with E-state index in [2.05, 4.69) is 5.32 Å². The summed E-state index contributed by atoms with van der Waals surface area (Å²) in [6.45, 7) is 1.17. The van der Waals surface area contributed by atoms with Gasteiger partial charge in [-0.05, 0) is 38.1 Å². The molecule has 1 atom stereocenters. The van der Waals surface area contributed by atoms with E-state index >= 15 is 0 Å². The molecule has 0 radical (unpaired) electrons. The third kappa shape index (κ3) is 2.93. The van der Waals surface area contributed by atoms with Crippen molar-refractivity contribution in [3.8, 4) is 5.75 Å². The highest BCUT2D eigenvalue weighted by Gasteiger charge is 2.36. The van der Waals surface area contributed by atoms with Gasteiger partial charge in [0, 0.05) is 24.2 Å². The third-order valence-corrected chi connectivity index (χ3v) is 5.68. The smallest absolute Gasteiger partial charge is 0.247 e. The van der Waals surface area contributed by atoms with Crippen molar-refractivity contribution in [2.45, 2.75) is 23.8 Å². The maximum Gasteiger partial charge on any atom is 0.247 e. The molecule has 0 saturated carbocycles. The van der Waals surface area contributed by atoms with Crippen LogP contribution in [0.3, 0.4) is 0 Å². The molecule has 1 aliphatic heterocycles. The number of rotatable bonds is 5. The van der Waals surface area contributed by atoms with Gasteiger partial charge in [0.05, 0.1) is 7.11 Å². The molecular weight excluding hydrogens is 300 g/mol. The SMILES string of the molecule is CNCC1CCCN1S(=O)(=O)c1cc(Cl)ccc1OC. The highest BCUT2D eigenvalue weighted by atomic mass is 35.5. The Morgan fingerprint density at radius 1 is 1.50 bits per heavy atom. The van der Waals surface area contributed by atoms with Crippen molar-refractivity contribution >= 4 is 21.6 Å². The summed E-state index contributed by atoms with van der Waals surface area (Å²) >= 11 is 5.93. The van der Waals surface area contributed by atoms with Gasteiger partial charge in [0.1, 0.15) is 10.6 Å². The Morgan fingerprint density at radius 3 is 2.90 bits per heavy atom. The molecule has 5 nitrogen and oxygen atoms in total. The molecule has 1 heterocycles. The number of halogens is 1. The molecule has 1 aliphatic rings. The maximum atomic E-state index is 12.8. The first kappa shape index (κ1) is 15.6. The number of hydrogen-bond acceptors (Lipinski definition) is 4. The Morgan fingerprint density at radius 2 is 2.25 bits per heavy atom. The Bertz CT molecular complexity index is 577. The van der Waals surface area contributed by atoms with Crippen LogP contribution in [0.1, 0.15) is 12.8 Å². The van der Waals surface area contributed by atoms with Crippen molar-refractivity contribution in [1.82, 2.24) is 9.62 Å². The van der Waals surface area contributed by atoms with Crippen LogP contribution in [-0.2, 0) is 10.0 Å². The summed E-state index contributed by atoms with van der Waals surface area (Å²) in [5.74, 6) is 0.324. The molecule has 0 bridgehead atoms. The molecule has 1 N–H and O–H groups in total. The van der Waals surface area contributed by atoms with Crippen molar-refractivity contribution in [3.05, 3.63) is 23.2 Å². The first-order chi connectivity index (χ1) is 9.50. The van der Waals surface area contributed by atoms with Crippen LogP contribution in [0, 0.1) is 0 Å². The average molecular weight is 319 g/mol. The number of sulfonamides is 1. The van der Waals surface area contributed by atoms with E-state index < -0.39 is 10.0 Å². The zero-order chi connectivity index (χ0) is 14.8. The van der Waals surface area contributed by atoms with Gasteiger partial charge in [-0.2, -0.15) is 4.31 Å². The van der Waals surface area contributed by atoms with Gasteiger partial charge < -0.3 is 10.1 Å². The molecule has 0 aliphatic carbocycles. The number of likely N-dealkylation sites (N-methyl/N-ethyl adjacent to an activating group) is 1. The van der Waals surface area contributed by atoms with E-state index in [-0.39, 0.29) is 10.9 Å². The summed E-state index contributed by atoms with van der Waals surface area (Å²) in [6.07, 6.45) is 1.73. The lowest BCUT2D eigenvalue weighted by Gasteiger charge is -2.24. The molecule has 1 aromatic carbocycles. The third-order valence-electron chi connectivity index (χ3n) is 3.48. The molecular formula is C13H19ClN2O3S. The maximum absolute atomic E-state index is 12.8. The second-order valence-corrected chi connectivity index (χ2v) is 7.06. The fourth-order valence-electron chi connectivity index (χ4n) is 2.54. The molecule has 0 spiro atoms. The first-order valence-corrected chi connectivity index (χ1v) is 8.32. The molecule has 1 unspecified atom stereocenters. The highest BCUT2D eigenvalue weighted by Crippen LogP contribution is 2.33. The number of nitrogens with zero attached hydrogens (tertiary/aromatic N) is 1. The molecule has 112 valence electrons. The molecule has 20 heavy (non-hydrogen) atoms. The second kappa shape index (κ2) is 6.30. The molecule has 1 fully saturated rings. The largest absolute Gasteiger partial charge is 0.495 e. The Hall–Kier alpha value is -0.820. The van der Waals surface area contributed by atoms with Crippen molar-refractivity contribution in [2.75, 3.05) is 27.2 Å². The lowest BCUT2D eigenvalue weighted by molar-refractivity contribution is 0.370. The van der Waals surface area contributed by atoms with Gasteiger partial charge >= 0.3 is 0 Å². The number of hydrogen-bond donors (Lipinski definition) is 1. The summed E-state index contributed by atoms with van der Waals surface area (Å²) in [5, 5.41) is 3.42. The first-order valence-electron chi connectivity index (χ1n) is 6.50. The second-order valence-electron chi connectivity index (χ2n) is 4.76. The number of benzene rings is 1. The summed E-state index contributed by atoms with van der Waals surface area (Å²) < 4.78 is 32.3. The number of ether oxygens (including phenoxy) is 1. The van der Waals surface area contributed by atoms with Gasteiger partial charge in [-0.1, -0.05) is 11.6 Å². The van der Waals surface area contributed by atoms with Gasteiger partial charge in [-0.3, -0.25) is 0 Å². The minimum absolute atomic E-state index is 0.0197. The van der Waals surface area contributed by atoms with E-state index in [0.717, 1.165) is 12.8 Å². The summed E-state index contributed by atoms with van der Waals surface area (Å²) in [5.41, 5.74) is 0. The van der Waals surface area contributed by atoms with Crippen LogP contribution in [0.5, 0.6) is 5.75 Å². The lowest BCUT2D eigenvalue weighted by atomic mass is 10.2. The van der Waals surface area contributed by atoms with Crippen LogP contribution in [0.15, 0.2) is 23.1 Å². The predicted molar refractivity (Wildman–Crippen MR) is 78.8 cm³/mol. The van der Waals surface area contributed by atoms with Gasteiger partial charge in [0.15, 0.2) is 0 Å². The molecule has 7 heteroatoms. The van der Waals surface area contributed by atoms with Gasteiger partial charge in [0.2, 0.25) is 10.0 Å². The normalized spacial score (nSPS) is 20.2. The molecule has 1 saturated heterocycles. The molecule has 0 amide bonds. The van der Waals surface area contributed by atoms with Crippen molar-refractivity contribution in [3.63, 3.8) is 0 Å². The van der Waals surface area contributed by atoms with Crippen molar-refractivity contribution in [2.24, 2.45) is 0 Å². The predicted octanol–water partition coefficient (Wildman–Crippen LogP) is 1.72.